The Bertz CT molecular complexity index is 182. The van der Waals surface area contributed by atoms with Gasteiger partial charge in [0.25, 0.3) is 0 Å². The quantitative estimate of drug-likeness (QED) is 0.652. The zero-order valence-corrected chi connectivity index (χ0v) is 10.9. The molecule has 0 bridgehead atoms. The lowest BCUT2D eigenvalue weighted by Crippen LogP contribution is -2.57. The van der Waals surface area contributed by atoms with Gasteiger partial charge < -0.3 is 0 Å². The fourth-order valence-corrected chi connectivity index (χ4v) is 2.22. The molecule has 84 valence electrons. The standard InChI is InChI=1S/C13H27N/c1-12(2,3)9-7-11-8-10-14(11)13(4,5)6/h11H,7-10H2,1-6H3. The average molecular weight is 197 g/mol. The van der Waals surface area contributed by atoms with E-state index in [-0.39, 0.29) is 0 Å². The maximum Gasteiger partial charge on any atom is 0.0128 e. The summed E-state index contributed by atoms with van der Waals surface area (Å²) in [7, 11) is 0. The molecule has 1 heteroatoms. The van der Waals surface area contributed by atoms with E-state index in [9.17, 15) is 0 Å². The zero-order chi connectivity index (χ0) is 11.0. The molecule has 0 aromatic heterocycles. The van der Waals surface area contributed by atoms with Crippen LogP contribution in [0.25, 0.3) is 0 Å². The smallest absolute Gasteiger partial charge is 0.0128 e. The van der Waals surface area contributed by atoms with Crippen molar-refractivity contribution >= 4 is 0 Å². The third kappa shape index (κ3) is 3.27. The highest BCUT2D eigenvalue weighted by Crippen LogP contribution is 2.33. The molecular weight excluding hydrogens is 170 g/mol. The molecule has 1 nitrogen and oxygen atoms in total. The second-order valence-electron chi connectivity index (χ2n) is 6.91. The highest BCUT2D eigenvalue weighted by molar-refractivity contribution is 4.91. The second kappa shape index (κ2) is 3.84. The maximum absolute atomic E-state index is 2.65. The van der Waals surface area contributed by atoms with Gasteiger partial charge in [0.1, 0.15) is 0 Å². The van der Waals surface area contributed by atoms with Crippen LogP contribution >= 0.6 is 0 Å². The lowest BCUT2D eigenvalue weighted by Gasteiger charge is -2.50. The van der Waals surface area contributed by atoms with Gasteiger partial charge in [-0.25, -0.2) is 0 Å². The summed E-state index contributed by atoms with van der Waals surface area (Å²) >= 11 is 0. The van der Waals surface area contributed by atoms with Crippen molar-refractivity contribution in [1.82, 2.24) is 4.90 Å². The molecule has 1 saturated heterocycles. The summed E-state index contributed by atoms with van der Waals surface area (Å²) in [5, 5.41) is 0. The molecule has 1 heterocycles. The van der Waals surface area contributed by atoms with Gasteiger partial charge in [-0.15, -0.1) is 0 Å². The molecule has 1 unspecified atom stereocenters. The Balaban J connectivity index is 2.34. The fraction of sp³-hybridized carbons (Fsp3) is 1.00. The summed E-state index contributed by atoms with van der Waals surface area (Å²) in [6.45, 7) is 15.3. The van der Waals surface area contributed by atoms with E-state index in [1.54, 1.807) is 0 Å². The molecule has 0 amide bonds. The number of hydrogen-bond acceptors (Lipinski definition) is 1. The third-order valence-electron chi connectivity index (χ3n) is 3.23. The number of hydrogen-bond donors (Lipinski definition) is 0. The third-order valence-corrected chi connectivity index (χ3v) is 3.23. The first-order valence-corrected chi connectivity index (χ1v) is 5.97. The van der Waals surface area contributed by atoms with Crippen LogP contribution < -0.4 is 0 Å². The van der Waals surface area contributed by atoms with E-state index in [0.29, 0.717) is 11.0 Å². The van der Waals surface area contributed by atoms with Crippen LogP contribution in [0.2, 0.25) is 0 Å². The van der Waals surface area contributed by atoms with Crippen molar-refractivity contribution < 1.29 is 0 Å². The Morgan fingerprint density at radius 3 is 1.93 bits per heavy atom. The van der Waals surface area contributed by atoms with Gasteiger partial charge in [-0.05, 0) is 45.4 Å². The van der Waals surface area contributed by atoms with Crippen LogP contribution in [-0.2, 0) is 0 Å². The van der Waals surface area contributed by atoms with E-state index in [0.717, 1.165) is 6.04 Å². The van der Waals surface area contributed by atoms with E-state index in [1.807, 2.05) is 0 Å². The predicted molar refractivity (Wildman–Crippen MR) is 63.6 cm³/mol. The molecule has 1 atom stereocenters. The van der Waals surface area contributed by atoms with Crippen LogP contribution in [0.15, 0.2) is 0 Å². The average Bonchev–Trinajstić information content (AvgIpc) is 1.76. The number of likely N-dealkylation sites (tertiary alicyclic amines) is 1. The molecule has 0 radical (unpaired) electrons. The summed E-state index contributed by atoms with van der Waals surface area (Å²) in [4.78, 5) is 2.65. The second-order valence-corrected chi connectivity index (χ2v) is 6.91. The van der Waals surface area contributed by atoms with E-state index >= 15 is 0 Å². The molecule has 0 spiro atoms. The summed E-state index contributed by atoms with van der Waals surface area (Å²) in [6, 6.07) is 0.856. The van der Waals surface area contributed by atoms with E-state index in [1.165, 1.54) is 25.8 Å². The molecule has 1 rings (SSSR count). The first-order valence-electron chi connectivity index (χ1n) is 5.97. The molecular formula is C13H27N. The normalized spacial score (nSPS) is 24.9. The largest absolute Gasteiger partial charge is 0.295 e. The van der Waals surface area contributed by atoms with Crippen LogP contribution in [0.1, 0.15) is 60.8 Å². The van der Waals surface area contributed by atoms with Gasteiger partial charge in [0, 0.05) is 18.1 Å². The molecule has 0 aromatic rings. The summed E-state index contributed by atoms with van der Waals surface area (Å²) in [5.74, 6) is 0. The number of nitrogens with zero attached hydrogens (tertiary/aromatic N) is 1. The van der Waals surface area contributed by atoms with Gasteiger partial charge in [0.2, 0.25) is 0 Å². The van der Waals surface area contributed by atoms with Crippen LogP contribution in [0.4, 0.5) is 0 Å². The predicted octanol–water partition coefficient (Wildman–Crippen LogP) is 3.69. The summed E-state index contributed by atoms with van der Waals surface area (Å²) in [5.41, 5.74) is 0.875. The highest BCUT2D eigenvalue weighted by atomic mass is 15.3. The van der Waals surface area contributed by atoms with Crippen molar-refractivity contribution in [3.05, 3.63) is 0 Å². The van der Waals surface area contributed by atoms with Gasteiger partial charge in [0.15, 0.2) is 0 Å². The zero-order valence-electron chi connectivity index (χ0n) is 10.9. The minimum atomic E-state index is 0.376. The molecule has 14 heavy (non-hydrogen) atoms. The SMILES string of the molecule is CC(C)(C)CCC1CCN1C(C)(C)C. The first-order chi connectivity index (χ1) is 6.20. The van der Waals surface area contributed by atoms with E-state index in [2.05, 4.69) is 46.4 Å². The maximum atomic E-state index is 2.65. The Morgan fingerprint density at radius 2 is 1.64 bits per heavy atom. The minimum absolute atomic E-state index is 0.376. The van der Waals surface area contributed by atoms with Crippen molar-refractivity contribution in [3.8, 4) is 0 Å². The molecule has 1 fully saturated rings. The number of rotatable bonds is 2. The van der Waals surface area contributed by atoms with Gasteiger partial charge in [-0.3, -0.25) is 4.90 Å². The lowest BCUT2D eigenvalue weighted by molar-refractivity contribution is -0.00731. The van der Waals surface area contributed by atoms with E-state index < -0.39 is 0 Å². The van der Waals surface area contributed by atoms with Crippen molar-refractivity contribution in [2.75, 3.05) is 6.54 Å². The topological polar surface area (TPSA) is 3.24 Å². The Hall–Kier alpha value is -0.0400. The molecule has 1 aliphatic heterocycles. The van der Waals surface area contributed by atoms with Crippen molar-refractivity contribution in [2.24, 2.45) is 5.41 Å². The monoisotopic (exact) mass is 197 g/mol. The summed E-state index contributed by atoms with van der Waals surface area (Å²) < 4.78 is 0. The highest BCUT2D eigenvalue weighted by Gasteiger charge is 2.35. The molecule has 0 aromatic carbocycles. The van der Waals surface area contributed by atoms with Gasteiger partial charge in [0.05, 0.1) is 0 Å². The van der Waals surface area contributed by atoms with E-state index in [4.69, 9.17) is 0 Å². The van der Waals surface area contributed by atoms with Gasteiger partial charge in [-0.1, -0.05) is 20.8 Å². The Kier molecular flexibility index (Phi) is 3.30. The van der Waals surface area contributed by atoms with Crippen LogP contribution in [0, 0.1) is 5.41 Å². The van der Waals surface area contributed by atoms with Crippen LogP contribution in [-0.4, -0.2) is 23.0 Å². The van der Waals surface area contributed by atoms with Crippen molar-refractivity contribution in [1.29, 1.82) is 0 Å². The van der Waals surface area contributed by atoms with Crippen molar-refractivity contribution in [3.63, 3.8) is 0 Å². The molecule has 1 aliphatic rings. The fourth-order valence-electron chi connectivity index (χ4n) is 2.22. The first kappa shape index (κ1) is 12.0. The van der Waals surface area contributed by atoms with Crippen LogP contribution in [0.5, 0.6) is 0 Å². The van der Waals surface area contributed by atoms with Crippen LogP contribution in [0.3, 0.4) is 0 Å². The van der Waals surface area contributed by atoms with Gasteiger partial charge >= 0.3 is 0 Å². The molecule has 0 aliphatic carbocycles. The summed E-state index contributed by atoms with van der Waals surface area (Å²) in [6.07, 6.45) is 4.14. The molecule has 0 saturated carbocycles. The Morgan fingerprint density at radius 1 is 1.07 bits per heavy atom. The minimum Gasteiger partial charge on any atom is -0.295 e. The lowest BCUT2D eigenvalue weighted by atomic mass is 9.83. The Labute approximate surface area is 89.9 Å². The molecule has 0 N–H and O–H groups in total. The van der Waals surface area contributed by atoms with Crippen molar-refractivity contribution in [2.45, 2.75) is 72.4 Å². The van der Waals surface area contributed by atoms with Gasteiger partial charge in [-0.2, -0.15) is 0 Å².